The summed E-state index contributed by atoms with van der Waals surface area (Å²) >= 11 is 0. The lowest BCUT2D eigenvalue weighted by molar-refractivity contribution is -0.132. The van der Waals surface area contributed by atoms with Crippen molar-refractivity contribution in [2.24, 2.45) is 0 Å². The van der Waals surface area contributed by atoms with Gasteiger partial charge < -0.3 is 14.9 Å². The van der Waals surface area contributed by atoms with Gasteiger partial charge in [0.15, 0.2) is 0 Å². The standard InChI is InChI=1S/C17H23N5O3/c1-13-14(20-25-19-13)10-16(23)21(2)11-17(24)7-5-9-22(12-17)15-6-3-4-8-18-15/h3-4,6,8,24H,5,7,9-12H2,1-2H3/t17-/m0/s1. The van der Waals surface area contributed by atoms with Gasteiger partial charge in [0, 0.05) is 26.3 Å². The first kappa shape index (κ1) is 17.3. The van der Waals surface area contributed by atoms with Crippen molar-refractivity contribution in [2.75, 3.05) is 31.6 Å². The molecule has 0 aliphatic carbocycles. The van der Waals surface area contributed by atoms with E-state index in [0.717, 1.165) is 18.8 Å². The molecule has 3 rings (SSSR count). The van der Waals surface area contributed by atoms with E-state index in [2.05, 4.69) is 24.8 Å². The van der Waals surface area contributed by atoms with Crippen LogP contribution >= 0.6 is 0 Å². The van der Waals surface area contributed by atoms with Crippen LogP contribution in [-0.4, -0.2) is 63.5 Å². The summed E-state index contributed by atoms with van der Waals surface area (Å²) in [5.74, 6) is 0.723. The van der Waals surface area contributed by atoms with Gasteiger partial charge in [0.2, 0.25) is 5.91 Å². The van der Waals surface area contributed by atoms with Crippen LogP contribution in [0.1, 0.15) is 24.2 Å². The maximum Gasteiger partial charge on any atom is 0.228 e. The van der Waals surface area contributed by atoms with Gasteiger partial charge in [-0.3, -0.25) is 4.79 Å². The lowest BCUT2D eigenvalue weighted by Gasteiger charge is -2.41. The second-order valence-electron chi connectivity index (χ2n) is 6.66. The SMILES string of the molecule is Cc1nonc1CC(=O)N(C)C[C@@]1(O)CCCN(c2ccccn2)C1. The third-order valence-corrected chi connectivity index (χ3v) is 4.55. The minimum Gasteiger partial charge on any atom is -0.386 e. The Morgan fingerprint density at radius 2 is 2.28 bits per heavy atom. The Labute approximate surface area is 146 Å². The van der Waals surface area contributed by atoms with Crippen molar-refractivity contribution in [1.29, 1.82) is 0 Å². The Kier molecular flexibility index (Phi) is 4.98. The first-order chi connectivity index (χ1) is 12.0. The molecule has 0 saturated carbocycles. The lowest BCUT2D eigenvalue weighted by Crippen LogP contribution is -2.55. The summed E-state index contributed by atoms with van der Waals surface area (Å²) in [4.78, 5) is 20.4. The number of β-amino-alcohol motifs (C(OH)–C–C–N with tert-alkyl or cyclic N) is 1. The number of anilines is 1. The molecule has 0 aromatic carbocycles. The third kappa shape index (κ3) is 4.14. The Bertz CT molecular complexity index is 720. The molecule has 1 aliphatic heterocycles. The van der Waals surface area contributed by atoms with Gasteiger partial charge in [0.05, 0.1) is 18.6 Å². The van der Waals surface area contributed by atoms with E-state index in [-0.39, 0.29) is 18.9 Å². The highest BCUT2D eigenvalue weighted by atomic mass is 16.6. The van der Waals surface area contributed by atoms with Crippen LogP contribution in [0.5, 0.6) is 0 Å². The minimum absolute atomic E-state index is 0.117. The van der Waals surface area contributed by atoms with E-state index in [1.165, 1.54) is 0 Å². The molecule has 1 fully saturated rings. The number of aromatic nitrogens is 3. The number of nitrogens with zero attached hydrogens (tertiary/aromatic N) is 5. The van der Waals surface area contributed by atoms with Crippen molar-refractivity contribution in [3.05, 3.63) is 35.8 Å². The largest absolute Gasteiger partial charge is 0.386 e. The number of pyridine rings is 1. The molecule has 2 aromatic heterocycles. The fourth-order valence-electron chi connectivity index (χ4n) is 3.20. The molecule has 1 aliphatic rings. The second-order valence-corrected chi connectivity index (χ2v) is 6.66. The average Bonchev–Trinajstić information content (AvgIpc) is 3.00. The maximum absolute atomic E-state index is 12.4. The number of piperidine rings is 1. The summed E-state index contributed by atoms with van der Waals surface area (Å²) in [5.41, 5.74) is 0.180. The summed E-state index contributed by atoms with van der Waals surface area (Å²) in [6.07, 6.45) is 3.36. The Balaban J connectivity index is 1.62. The molecular formula is C17H23N5O3. The Morgan fingerprint density at radius 1 is 1.44 bits per heavy atom. The molecule has 8 heteroatoms. The van der Waals surface area contributed by atoms with Gasteiger partial charge in [0.1, 0.15) is 17.2 Å². The van der Waals surface area contributed by atoms with Gasteiger partial charge in [-0.25, -0.2) is 9.61 Å². The van der Waals surface area contributed by atoms with Crippen molar-refractivity contribution in [3.63, 3.8) is 0 Å². The number of aliphatic hydroxyl groups is 1. The number of likely N-dealkylation sites (N-methyl/N-ethyl adjacent to an activating group) is 1. The van der Waals surface area contributed by atoms with Gasteiger partial charge in [-0.15, -0.1) is 0 Å². The molecule has 0 unspecified atom stereocenters. The molecule has 8 nitrogen and oxygen atoms in total. The number of carbonyl (C=O) groups is 1. The molecule has 0 spiro atoms. The van der Waals surface area contributed by atoms with Crippen LogP contribution in [0.2, 0.25) is 0 Å². The van der Waals surface area contributed by atoms with E-state index in [1.54, 1.807) is 25.1 Å². The van der Waals surface area contributed by atoms with Gasteiger partial charge in [0.25, 0.3) is 0 Å². The predicted octanol–water partition coefficient (Wildman–Crippen LogP) is 0.805. The molecule has 0 bridgehead atoms. The average molecular weight is 345 g/mol. The van der Waals surface area contributed by atoms with Gasteiger partial charge >= 0.3 is 0 Å². The smallest absolute Gasteiger partial charge is 0.228 e. The molecule has 3 heterocycles. The van der Waals surface area contributed by atoms with Gasteiger partial charge in [-0.1, -0.05) is 16.4 Å². The molecule has 1 saturated heterocycles. The van der Waals surface area contributed by atoms with Crippen LogP contribution in [0, 0.1) is 6.92 Å². The summed E-state index contributed by atoms with van der Waals surface area (Å²) in [5, 5.41) is 18.4. The topological polar surface area (TPSA) is 95.6 Å². The normalized spacial score (nSPS) is 20.5. The first-order valence-corrected chi connectivity index (χ1v) is 8.37. The fraction of sp³-hybridized carbons (Fsp3) is 0.529. The number of hydrogen-bond acceptors (Lipinski definition) is 7. The van der Waals surface area contributed by atoms with Crippen LogP contribution in [0.4, 0.5) is 5.82 Å². The number of carbonyl (C=O) groups excluding carboxylic acids is 1. The molecule has 1 amide bonds. The van der Waals surface area contributed by atoms with Crippen LogP contribution in [0.25, 0.3) is 0 Å². The van der Waals surface area contributed by atoms with Crippen LogP contribution in [0.3, 0.4) is 0 Å². The lowest BCUT2D eigenvalue weighted by atomic mass is 9.92. The molecule has 1 N–H and O–H groups in total. The quantitative estimate of drug-likeness (QED) is 0.856. The van der Waals surface area contributed by atoms with E-state index in [1.807, 2.05) is 18.2 Å². The highest BCUT2D eigenvalue weighted by Gasteiger charge is 2.36. The number of rotatable bonds is 5. The number of amides is 1. The molecule has 2 aromatic rings. The van der Waals surface area contributed by atoms with Crippen molar-refractivity contribution in [1.82, 2.24) is 20.2 Å². The van der Waals surface area contributed by atoms with Crippen molar-refractivity contribution >= 4 is 11.7 Å². The molecular weight excluding hydrogens is 322 g/mol. The fourth-order valence-corrected chi connectivity index (χ4v) is 3.20. The first-order valence-electron chi connectivity index (χ1n) is 8.37. The number of aryl methyl sites for hydroxylation is 1. The molecule has 1 atom stereocenters. The van der Waals surface area contributed by atoms with E-state index in [4.69, 9.17) is 0 Å². The second kappa shape index (κ2) is 7.18. The zero-order chi connectivity index (χ0) is 17.9. The molecule has 0 radical (unpaired) electrons. The minimum atomic E-state index is -0.961. The van der Waals surface area contributed by atoms with Crippen LogP contribution in [0.15, 0.2) is 29.0 Å². The summed E-state index contributed by atoms with van der Waals surface area (Å²) < 4.78 is 4.63. The van der Waals surface area contributed by atoms with Crippen LogP contribution in [-0.2, 0) is 11.2 Å². The van der Waals surface area contributed by atoms with E-state index in [9.17, 15) is 9.90 Å². The van der Waals surface area contributed by atoms with Gasteiger partial charge in [-0.05, 0) is 31.9 Å². The highest BCUT2D eigenvalue weighted by molar-refractivity contribution is 5.78. The summed E-state index contributed by atoms with van der Waals surface area (Å²) in [7, 11) is 1.70. The van der Waals surface area contributed by atoms with Crippen molar-refractivity contribution in [3.8, 4) is 0 Å². The van der Waals surface area contributed by atoms with Crippen molar-refractivity contribution < 1.29 is 14.5 Å². The predicted molar refractivity (Wildman–Crippen MR) is 91.0 cm³/mol. The number of hydrogen-bond donors (Lipinski definition) is 1. The Hall–Kier alpha value is -2.48. The van der Waals surface area contributed by atoms with E-state index in [0.29, 0.717) is 24.4 Å². The van der Waals surface area contributed by atoms with Crippen LogP contribution < -0.4 is 4.90 Å². The maximum atomic E-state index is 12.4. The zero-order valence-corrected chi connectivity index (χ0v) is 14.6. The highest BCUT2D eigenvalue weighted by Crippen LogP contribution is 2.25. The monoisotopic (exact) mass is 345 g/mol. The van der Waals surface area contributed by atoms with Crippen molar-refractivity contribution in [2.45, 2.75) is 31.8 Å². The molecule has 25 heavy (non-hydrogen) atoms. The van der Waals surface area contributed by atoms with E-state index < -0.39 is 5.60 Å². The third-order valence-electron chi connectivity index (χ3n) is 4.55. The summed E-state index contributed by atoms with van der Waals surface area (Å²) in [6, 6.07) is 5.73. The Morgan fingerprint density at radius 3 is 2.96 bits per heavy atom. The zero-order valence-electron chi connectivity index (χ0n) is 14.6. The molecule has 134 valence electrons. The van der Waals surface area contributed by atoms with E-state index >= 15 is 0 Å². The summed E-state index contributed by atoms with van der Waals surface area (Å²) in [6.45, 7) is 3.31. The van der Waals surface area contributed by atoms with Gasteiger partial charge in [-0.2, -0.15) is 0 Å².